The Morgan fingerprint density at radius 2 is 1.87 bits per heavy atom. The zero-order chi connectivity index (χ0) is 21.8. The molecule has 0 atom stereocenters. The van der Waals surface area contributed by atoms with E-state index in [4.69, 9.17) is 4.74 Å². The Balaban J connectivity index is 1.80. The standard InChI is InChI=1S/C21H22N4O4S/c1-4-24-15-8-6-7-9-16(15)25(21(24)28)11-10-17(26)23-19-14(12-22)13(3)18(30-19)20(27)29-5-2/h6-9H,4-5,10-11H2,1-3H3,(H,23,26). The lowest BCUT2D eigenvalue weighted by Gasteiger charge is -2.05. The van der Waals surface area contributed by atoms with Crippen LogP contribution in [0, 0.1) is 18.3 Å². The summed E-state index contributed by atoms with van der Waals surface area (Å²) in [6.07, 6.45) is 0.0498. The number of aromatic nitrogens is 2. The van der Waals surface area contributed by atoms with Crippen LogP contribution in [-0.4, -0.2) is 27.6 Å². The number of nitriles is 1. The first kappa shape index (κ1) is 21.3. The van der Waals surface area contributed by atoms with E-state index in [1.807, 2.05) is 37.3 Å². The van der Waals surface area contributed by atoms with Gasteiger partial charge in [-0.2, -0.15) is 5.26 Å². The third kappa shape index (κ3) is 3.86. The third-order valence-corrected chi connectivity index (χ3v) is 5.96. The van der Waals surface area contributed by atoms with E-state index in [0.29, 0.717) is 22.0 Å². The van der Waals surface area contributed by atoms with Crippen LogP contribution < -0.4 is 11.0 Å². The van der Waals surface area contributed by atoms with Crippen LogP contribution in [0.1, 0.15) is 41.1 Å². The van der Waals surface area contributed by atoms with Gasteiger partial charge in [0.1, 0.15) is 15.9 Å². The Morgan fingerprint density at radius 1 is 1.20 bits per heavy atom. The van der Waals surface area contributed by atoms with Crippen LogP contribution in [0.15, 0.2) is 29.1 Å². The highest BCUT2D eigenvalue weighted by Gasteiger charge is 2.22. The molecule has 9 heteroatoms. The number of esters is 1. The van der Waals surface area contributed by atoms with Gasteiger partial charge < -0.3 is 10.1 Å². The van der Waals surface area contributed by atoms with E-state index in [0.717, 1.165) is 22.4 Å². The van der Waals surface area contributed by atoms with E-state index in [1.165, 1.54) is 0 Å². The summed E-state index contributed by atoms with van der Waals surface area (Å²) < 4.78 is 8.25. The van der Waals surface area contributed by atoms with Gasteiger partial charge in [0.2, 0.25) is 5.91 Å². The molecule has 1 amide bonds. The summed E-state index contributed by atoms with van der Waals surface area (Å²) in [5, 5.41) is 12.5. The number of anilines is 1. The van der Waals surface area contributed by atoms with Crippen molar-refractivity contribution in [2.24, 2.45) is 0 Å². The lowest BCUT2D eigenvalue weighted by atomic mass is 10.2. The molecule has 3 aromatic rings. The molecule has 2 aromatic heterocycles. The van der Waals surface area contributed by atoms with Crippen LogP contribution in [0.5, 0.6) is 0 Å². The van der Waals surface area contributed by atoms with Gasteiger partial charge in [-0.25, -0.2) is 9.59 Å². The molecule has 30 heavy (non-hydrogen) atoms. The second-order valence-corrected chi connectivity index (χ2v) is 7.58. The van der Waals surface area contributed by atoms with Crippen molar-refractivity contribution < 1.29 is 14.3 Å². The molecule has 0 aliphatic heterocycles. The topological polar surface area (TPSA) is 106 Å². The minimum atomic E-state index is -0.518. The Kier molecular flexibility index (Phi) is 6.37. The van der Waals surface area contributed by atoms with E-state index in [2.05, 4.69) is 5.32 Å². The van der Waals surface area contributed by atoms with Crippen LogP contribution in [0.2, 0.25) is 0 Å². The first-order valence-electron chi connectivity index (χ1n) is 9.61. The molecule has 0 unspecified atom stereocenters. The van der Waals surface area contributed by atoms with Crippen molar-refractivity contribution in [1.82, 2.24) is 9.13 Å². The number of rotatable bonds is 7. The van der Waals surface area contributed by atoms with Crippen LogP contribution in [0.25, 0.3) is 11.0 Å². The molecule has 0 fully saturated rings. The number of aryl methyl sites for hydroxylation is 2. The fraction of sp³-hybridized carbons (Fsp3) is 0.333. The highest BCUT2D eigenvalue weighted by atomic mass is 32.1. The van der Waals surface area contributed by atoms with Gasteiger partial charge in [0.05, 0.1) is 23.2 Å². The number of hydrogen-bond donors (Lipinski definition) is 1. The molecule has 0 radical (unpaired) electrons. The van der Waals surface area contributed by atoms with E-state index >= 15 is 0 Å². The Labute approximate surface area is 177 Å². The first-order valence-corrected chi connectivity index (χ1v) is 10.4. The smallest absolute Gasteiger partial charge is 0.348 e. The number of carbonyl (C=O) groups excluding carboxylic acids is 2. The molecule has 0 spiro atoms. The molecule has 8 nitrogen and oxygen atoms in total. The molecule has 0 aliphatic carbocycles. The van der Waals surface area contributed by atoms with Crippen LogP contribution in [0.3, 0.4) is 0 Å². The molecule has 0 bridgehead atoms. The molecule has 1 N–H and O–H groups in total. The number of thiophene rings is 1. The quantitative estimate of drug-likeness (QED) is 0.584. The molecule has 2 heterocycles. The number of amides is 1. The van der Waals surface area contributed by atoms with Crippen molar-refractivity contribution in [1.29, 1.82) is 5.26 Å². The zero-order valence-corrected chi connectivity index (χ0v) is 17.8. The van der Waals surface area contributed by atoms with Crippen molar-refractivity contribution in [2.75, 3.05) is 11.9 Å². The second-order valence-electron chi connectivity index (χ2n) is 6.56. The van der Waals surface area contributed by atoms with Gasteiger partial charge in [-0.1, -0.05) is 12.1 Å². The van der Waals surface area contributed by atoms with Crippen LogP contribution in [0.4, 0.5) is 5.00 Å². The van der Waals surface area contributed by atoms with Gasteiger partial charge in [0.15, 0.2) is 0 Å². The van der Waals surface area contributed by atoms with Gasteiger partial charge in [0, 0.05) is 19.5 Å². The highest BCUT2D eigenvalue weighted by molar-refractivity contribution is 7.18. The number of imidazole rings is 1. The fourth-order valence-electron chi connectivity index (χ4n) is 3.32. The minimum Gasteiger partial charge on any atom is -0.462 e. The van der Waals surface area contributed by atoms with Crippen LogP contribution >= 0.6 is 11.3 Å². The summed E-state index contributed by atoms with van der Waals surface area (Å²) in [4.78, 5) is 37.6. The second kappa shape index (κ2) is 8.97. The Morgan fingerprint density at radius 3 is 2.47 bits per heavy atom. The first-order chi connectivity index (χ1) is 14.4. The normalized spacial score (nSPS) is 10.7. The number of benzene rings is 1. The molecule has 156 valence electrons. The molecule has 3 rings (SSSR count). The Bertz CT molecular complexity index is 1210. The molecular formula is C21H22N4O4S. The maximum Gasteiger partial charge on any atom is 0.348 e. The number of fused-ring (bicyclic) bond motifs is 1. The number of para-hydroxylation sites is 2. The summed E-state index contributed by atoms with van der Waals surface area (Å²) in [5.41, 5.74) is 2.16. The van der Waals surface area contributed by atoms with E-state index in [1.54, 1.807) is 23.0 Å². The number of nitrogens with one attached hydrogen (secondary N) is 1. The average Bonchev–Trinajstić information content (AvgIpc) is 3.19. The minimum absolute atomic E-state index is 0.0498. The van der Waals surface area contributed by atoms with Crippen molar-refractivity contribution in [3.8, 4) is 6.07 Å². The van der Waals surface area contributed by atoms with Crippen molar-refractivity contribution >= 4 is 39.2 Å². The van der Waals surface area contributed by atoms with Gasteiger partial charge in [-0.05, 0) is 38.5 Å². The summed E-state index contributed by atoms with van der Waals surface area (Å²) in [6, 6.07) is 9.48. The summed E-state index contributed by atoms with van der Waals surface area (Å²) >= 11 is 1.02. The van der Waals surface area contributed by atoms with Gasteiger partial charge in [-0.15, -0.1) is 11.3 Å². The number of carbonyl (C=O) groups is 2. The van der Waals surface area contributed by atoms with Gasteiger partial charge >= 0.3 is 11.7 Å². The average molecular weight is 426 g/mol. The number of ether oxygens (including phenoxy) is 1. The van der Waals surface area contributed by atoms with Crippen LogP contribution in [-0.2, 0) is 22.6 Å². The fourth-order valence-corrected chi connectivity index (χ4v) is 4.39. The van der Waals surface area contributed by atoms with E-state index in [9.17, 15) is 19.6 Å². The van der Waals surface area contributed by atoms with Gasteiger partial charge in [0.25, 0.3) is 0 Å². The van der Waals surface area contributed by atoms with E-state index in [-0.39, 0.29) is 36.7 Å². The monoisotopic (exact) mass is 426 g/mol. The molecule has 1 aromatic carbocycles. The Hall–Kier alpha value is -3.38. The SMILES string of the molecule is CCOC(=O)c1sc(NC(=O)CCn2c(=O)n(CC)c3ccccc32)c(C#N)c1C. The lowest BCUT2D eigenvalue weighted by molar-refractivity contribution is -0.116. The van der Waals surface area contributed by atoms with Gasteiger partial charge in [-0.3, -0.25) is 13.9 Å². The van der Waals surface area contributed by atoms with Crippen molar-refractivity contribution in [3.63, 3.8) is 0 Å². The lowest BCUT2D eigenvalue weighted by Crippen LogP contribution is -2.25. The summed E-state index contributed by atoms with van der Waals surface area (Å²) in [5.74, 6) is -0.862. The van der Waals surface area contributed by atoms with Crippen molar-refractivity contribution in [3.05, 3.63) is 50.8 Å². The number of hydrogen-bond acceptors (Lipinski definition) is 6. The third-order valence-electron chi connectivity index (χ3n) is 4.78. The predicted molar refractivity (Wildman–Crippen MR) is 115 cm³/mol. The summed E-state index contributed by atoms with van der Waals surface area (Å²) in [7, 11) is 0. The molecule has 0 saturated heterocycles. The zero-order valence-electron chi connectivity index (χ0n) is 17.0. The maximum atomic E-state index is 12.7. The van der Waals surface area contributed by atoms with E-state index < -0.39 is 5.97 Å². The maximum absolute atomic E-state index is 12.7. The molecular weight excluding hydrogens is 404 g/mol. The molecule has 0 aliphatic rings. The number of nitrogens with zero attached hydrogens (tertiary/aromatic N) is 3. The molecule has 0 saturated carbocycles. The van der Waals surface area contributed by atoms with Crippen molar-refractivity contribution in [2.45, 2.75) is 40.3 Å². The predicted octanol–water partition coefficient (Wildman–Crippen LogP) is 3.27. The largest absolute Gasteiger partial charge is 0.462 e. The highest BCUT2D eigenvalue weighted by Crippen LogP contribution is 2.33. The summed E-state index contributed by atoms with van der Waals surface area (Å²) in [6.45, 7) is 6.21.